The maximum absolute atomic E-state index is 14.5. The van der Waals surface area contributed by atoms with Crippen molar-refractivity contribution in [2.75, 3.05) is 0 Å². The second-order valence-electron chi connectivity index (χ2n) is 5.86. The number of hydrogen-bond acceptors (Lipinski definition) is 5. The number of fused-ring (bicyclic) bond motifs is 1. The number of aromatic nitrogens is 7. The third kappa shape index (κ3) is 2.63. The lowest BCUT2D eigenvalue weighted by atomic mass is 10.0. The molecule has 0 amide bonds. The van der Waals surface area contributed by atoms with E-state index in [-0.39, 0.29) is 0 Å². The van der Waals surface area contributed by atoms with Crippen LogP contribution in [0.3, 0.4) is 0 Å². The summed E-state index contributed by atoms with van der Waals surface area (Å²) in [5, 5.41) is 4.17. The van der Waals surface area contributed by atoms with Crippen LogP contribution in [0.1, 0.15) is 0 Å². The van der Waals surface area contributed by atoms with Crippen LogP contribution in [0.15, 0.2) is 67.5 Å². The van der Waals surface area contributed by atoms with Crippen LogP contribution in [0.25, 0.3) is 39.5 Å². The standard InChI is InChI=1S/C19H12FN7/c20-15-11-22-7-4-13(15)14-9-16-18(25-17(14)12-3-1-5-21-10-12)26-19(24-16)27-8-2-6-23-27/h1-11H,(H,24,25,26). The van der Waals surface area contributed by atoms with Crippen LogP contribution in [-0.4, -0.2) is 34.7 Å². The van der Waals surface area contributed by atoms with Crippen molar-refractivity contribution in [3.8, 4) is 28.3 Å². The Hall–Kier alpha value is -3.94. The Morgan fingerprint density at radius 1 is 0.926 bits per heavy atom. The summed E-state index contributed by atoms with van der Waals surface area (Å²) in [6, 6.07) is 8.96. The summed E-state index contributed by atoms with van der Waals surface area (Å²) in [7, 11) is 0. The molecule has 0 saturated heterocycles. The molecule has 1 N–H and O–H groups in total. The molecule has 0 radical (unpaired) electrons. The summed E-state index contributed by atoms with van der Waals surface area (Å²) < 4.78 is 16.1. The number of hydrogen-bond donors (Lipinski definition) is 1. The average Bonchev–Trinajstić information content (AvgIpc) is 3.37. The zero-order valence-electron chi connectivity index (χ0n) is 13.9. The van der Waals surface area contributed by atoms with Gasteiger partial charge in [-0.1, -0.05) is 0 Å². The van der Waals surface area contributed by atoms with Crippen LogP contribution in [0.5, 0.6) is 0 Å². The highest BCUT2D eigenvalue weighted by molar-refractivity contribution is 5.89. The van der Waals surface area contributed by atoms with Crippen molar-refractivity contribution in [2.45, 2.75) is 0 Å². The summed E-state index contributed by atoms with van der Waals surface area (Å²) in [5.41, 5.74) is 3.60. The molecule has 5 aromatic heterocycles. The summed E-state index contributed by atoms with van der Waals surface area (Å²) in [6.45, 7) is 0. The fourth-order valence-electron chi connectivity index (χ4n) is 2.95. The van der Waals surface area contributed by atoms with Crippen LogP contribution in [0.2, 0.25) is 0 Å². The second-order valence-corrected chi connectivity index (χ2v) is 5.86. The van der Waals surface area contributed by atoms with E-state index in [2.05, 4.69) is 30.0 Å². The summed E-state index contributed by atoms with van der Waals surface area (Å²) in [6.07, 6.45) is 9.56. The van der Waals surface area contributed by atoms with Crippen LogP contribution < -0.4 is 0 Å². The number of nitrogens with zero attached hydrogens (tertiary/aromatic N) is 6. The lowest BCUT2D eigenvalue weighted by Crippen LogP contribution is -1.95. The highest BCUT2D eigenvalue weighted by Crippen LogP contribution is 2.33. The molecule has 0 aliphatic heterocycles. The monoisotopic (exact) mass is 357 g/mol. The number of halogens is 1. The molecule has 0 aliphatic rings. The van der Waals surface area contributed by atoms with Crippen molar-refractivity contribution in [3.05, 3.63) is 73.3 Å². The molecule has 130 valence electrons. The summed E-state index contributed by atoms with van der Waals surface area (Å²) in [4.78, 5) is 20.4. The molecule has 7 nitrogen and oxygen atoms in total. The predicted molar refractivity (Wildman–Crippen MR) is 97.4 cm³/mol. The van der Waals surface area contributed by atoms with E-state index in [0.717, 1.165) is 5.56 Å². The SMILES string of the molecule is Fc1cnccc1-c1cc2[nH]c(-n3cccn3)nc2nc1-c1cccnc1. The van der Waals surface area contributed by atoms with Crippen LogP contribution in [-0.2, 0) is 0 Å². The van der Waals surface area contributed by atoms with Crippen molar-refractivity contribution in [3.63, 3.8) is 0 Å². The van der Waals surface area contributed by atoms with Gasteiger partial charge in [-0.25, -0.2) is 14.1 Å². The minimum Gasteiger partial charge on any atom is -0.321 e. The minimum atomic E-state index is -0.421. The second kappa shape index (κ2) is 6.10. The molecule has 0 saturated carbocycles. The molecule has 0 unspecified atom stereocenters. The van der Waals surface area contributed by atoms with Gasteiger partial charge in [0.05, 0.1) is 17.4 Å². The van der Waals surface area contributed by atoms with Crippen molar-refractivity contribution in [1.29, 1.82) is 0 Å². The van der Waals surface area contributed by atoms with Gasteiger partial charge in [0, 0.05) is 47.7 Å². The van der Waals surface area contributed by atoms with Crippen molar-refractivity contribution < 1.29 is 4.39 Å². The Morgan fingerprint density at radius 2 is 1.85 bits per heavy atom. The fourth-order valence-corrected chi connectivity index (χ4v) is 2.95. The van der Waals surface area contributed by atoms with Crippen LogP contribution in [0, 0.1) is 5.82 Å². The van der Waals surface area contributed by atoms with Gasteiger partial charge in [0.25, 0.3) is 0 Å². The van der Waals surface area contributed by atoms with E-state index >= 15 is 0 Å². The largest absolute Gasteiger partial charge is 0.321 e. The molecule has 0 aliphatic carbocycles. The van der Waals surface area contributed by atoms with Crippen molar-refractivity contribution >= 4 is 11.2 Å². The van der Waals surface area contributed by atoms with Crippen LogP contribution >= 0.6 is 0 Å². The van der Waals surface area contributed by atoms with Gasteiger partial charge in [0.2, 0.25) is 5.95 Å². The van der Waals surface area contributed by atoms with Gasteiger partial charge in [0.1, 0.15) is 5.82 Å². The fraction of sp³-hybridized carbons (Fsp3) is 0. The highest BCUT2D eigenvalue weighted by atomic mass is 19.1. The topological polar surface area (TPSA) is 85.2 Å². The number of rotatable bonds is 3. The van der Waals surface area contributed by atoms with Gasteiger partial charge in [0.15, 0.2) is 5.65 Å². The Balaban J connectivity index is 1.79. The molecule has 27 heavy (non-hydrogen) atoms. The van der Waals surface area contributed by atoms with Gasteiger partial charge in [-0.2, -0.15) is 10.1 Å². The third-order valence-corrected chi connectivity index (χ3v) is 4.18. The van der Waals surface area contributed by atoms with Gasteiger partial charge in [-0.3, -0.25) is 9.97 Å². The van der Waals surface area contributed by atoms with E-state index in [1.807, 2.05) is 18.2 Å². The van der Waals surface area contributed by atoms with E-state index in [1.54, 1.807) is 47.8 Å². The maximum atomic E-state index is 14.5. The Bertz CT molecular complexity index is 1230. The van der Waals surface area contributed by atoms with E-state index in [1.165, 1.54) is 6.20 Å². The van der Waals surface area contributed by atoms with Crippen molar-refractivity contribution in [2.24, 2.45) is 0 Å². The molecule has 5 rings (SSSR count). The first-order valence-electron chi connectivity index (χ1n) is 8.20. The van der Waals surface area contributed by atoms with Crippen LogP contribution in [0.4, 0.5) is 4.39 Å². The third-order valence-electron chi connectivity index (χ3n) is 4.18. The molecule has 0 spiro atoms. The van der Waals surface area contributed by atoms with E-state index in [4.69, 9.17) is 0 Å². The normalized spacial score (nSPS) is 11.1. The molecule has 5 aromatic rings. The zero-order chi connectivity index (χ0) is 18.2. The predicted octanol–water partition coefficient (Wildman–Crippen LogP) is 3.41. The maximum Gasteiger partial charge on any atom is 0.230 e. The lowest BCUT2D eigenvalue weighted by Gasteiger charge is -2.09. The number of aromatic amines is 1. The van der Waals surface area contributed by atoms with Crippen molar-refractivity contribution in [1.82, 2.24) is 34.7 Å². The molecule has 5 heterocycles. The molecule has 0 aromatic carbocycles. The number of pyridine rings is 3. The van der Waals surface area contributed by atoms with Gasteiger partial charge in [-0.15, -0.1) is 0 Å². The molecule has 0 bridgehead atoms. The lowest BCUT2D eigenvalue weighted by molar-refractivity contribution is 0.625. The molecule has 0 atom stereocenters. The van der Waals surface area contributed by atoms with E-state index in [0.29, 0.717) is 33.9 Å². The molecular formula is C19H12FN7. The first-order valence-corrected chi connectivity index (χ1v) is 8.20. The molecular weight excluding hydrogens is 345 g/mol. The Kier molecular flexibility index (Phi) is 3.46. The number of H-pyrrole nitrogens is 1. The van der Waals surface area contributed by atoms with Gasteiger partial charge < -0.3 is 4.98 Å². The average molecular weight is 357 g/mol. The quantitative estimate of drug-likeness (QED) is 0.535. The first kappa shape index (κ1) is 15.3. The van der Waals surface area contributed by atoms with Gasteiger partial charge >= 0.3 is 0 Å². The van der Waals surface area contributed by atoms with E-state index in [9.17, 15) is 4.39 Å². The smallest absolute Gasteiger partial charge is 0.230 e. The molecule has 0 fully saturated rings. The Labute approximate surface area is 152 Å². The molecule has 8 heteroatoms. The highest BCUT2D eigenvalue weighted by Gasteiger charge is 2.17. The first-order chi connectivity index (χ1) is 13.3. The summed E-state index contributed by atoms with van der Waals surface area (Å²) in [5.74, 6) is 0.114. The zero-order valence-corrected chi connectivity index (χ0v) is 13.9. The number of imidazole rings is 1. The van der Waals surface area contributed by atoms with Gasteiger partial charge in [-0.05, 0) is 30.3 Å². The van der Waals surface area contributed by atoms with E-state index < -0.39 is 5.82 Å². The Morgan fingerprint density at radius 3 is 2.63 bits per heavy atom. The number of nitrogens with one attached hydrogen (secondary N) is 1. The summed E-state index contributed by atoms with van der Waals surface area (Å²) >= 11 is 0. The minimum absolute atomic E-state index is 0.411.